The van der Waals surface area contributed by atoms with Crippen molar-refractivity contribution in [2.45, 2.75) is 26.7 Å². The lowest BCUT2D eigenvalue weighted by molar-refractivity contribution is -0.108. The van der Waals surface area contributed by atoms with Crippen molar-refractivity contribution in [2.24, 2.45) is 5.92 Å². The molecule has 0 N–H and O–H groups in total. The highest BCUT2D eigenvalue weighted by atomic mass is 16.1. The molecular weight excluding hydrogens is 188 g/mol. The van der Waals surface area contributed by atoms with Gasteiger partial charge < -0.3 is 4.79 Å². The Morgan fingerprint density at radius 1 is 1.33 bits per heavy atom. The topological polar surface area (TPSA) is 34.1 Å². The van der Waals surface area contributed by atoms with Gasteiger partial charge in [-0.05, 0) is 12.8 Å². The van der Waals surface area contributed by atoms with Gasteiger partial charge in [0.2, 0.25) is 0 Å². The van der Waals surface area contributed by atoms with Gasteiger partial charge >= 0.3 is 0 Å². The molecule has 2 nitrogen and oxygen atoms in total. The standard InChI is InChI=1S/C13H16O2/c1-10-3-5-12(6-4-10)13(15)9-11(2)7-8-14/h3-6,8,11H,7,9H2,1-2H3/t11-/m1/s1. The lowest BCUT2D eigenvalue weighted by atomic mass is 9.97. The lowest BCUT2D eigenvalue weighted by Crippen LogP contribution is -2.06. The Kier molecular flexibility index (Phi) is 4.22. The molecular formula is C13H16O2. The highest BCUT2D eigenvalue weighted by Gasteiger charge is 2.10. The maximum atomic E-state index is 11.7. The van der Waals surface area contributed by atoms with Gasteiger partial charge in [-0.15, -0.1) is 0 Å². The van der Waals surface area contributed by atoms with E-state index in [-0.39, 0.29) is 11.7 Å². The van der Waals surface area contributed by atoms with Gasteiger partial charge in [0.05, 0.1) is 0 Å². The van der Waals surface area contributed by atoms with E-state index in [1.807, 2.05) is 38.1 Å². The Morgan fingerprint density at radius 3 is 2.47 bits per heavy atom. The average molecular weight is 204 g/mol. The second kappa shape index (κ2) is 5.44. The van der Waals surface area contributed by atoms with E-state index in [0.29, 0.717) is 12.8 Å². The summed E-state index contributed by atoms with van der Waals surface area (Å²) in [5.41, 5.74) is 1.88. The van der Waals surface area contributed by atoms with E-state index in [4.69, 9.17) is 0 Å². The van der Waals surface area contributed by atoms with Crippen LogP contribution in [0.5, 0.6) is 0 Å². The third-order valence-corrected chi connectivity index (χ3v) is 2.41. The van der Waals surface area contributed by atoms with Gasteiger partial charge in [-0.2, -0.15) is 0 Å². The molecule has 0 aliphatic rings. The van der Waals surface area contributed by atoms with Gasteiger partial charge in [0.15, 0.2) is 5.78 Å². The van der Waals surface area contributed by atoms with Crippen molar-refractivity contribution in [1.82, 2.24) is 0 Å². The average Bonchev–Trinajstić information content (AvgIpc) is 2.18. The SMILES string of the molecule is Cc1ccc(C(=O)C[C@H](C)CC=O)cc1. The summed E-state index contributed by atoms with van der Waals surface area (Å²) >= 11 is 0. The number of Topliss-reactive ketones (excluding diaryl/α,β-unsaturated/α-hetero) is 1. The molecule has 0 spiro atoms. The van der Waals surface area contributed by atoms with Crippen LogP contribution in [0.2, 0.25) is 0 Å². The Labute approximate surface area is 90.3 Å². The van der Waals surface area contributed by atoms with E-state index < -0.39 is 0 Å². The van der Waals surface area contributed by atoms with E-state index in [9.17, 15) is 9.59 Å². The molecule has 0 unspecified atom stereocenters. The predicted octanol–water partition coefficient (Wildman–Crippen LogP) is 2.79. The molecule has 1 rings (SSSR count). The molecule has 15 heavy (non-hydrogen) atoms. The van der Waals surface area contributed by atoms with Crippen LogP contribution in [0, 0.1) is 12.8 Å². The van der Waals surface area contributed by atoms with Crippen LogP contribution in [0.1, 0.15) is 35.7 Å². The normalized spacial score (nSPS) is 12.1. The largest absolute Gasteiger partial charge is 0.303 e. The maximum absolute atomic E-state index is 11.7. The molecule has 2 heteroatoms. The van der Waals surface area contributed by atoms with Crippen LogP contribution < -0.4 is 0 Å². The van der Waals surface area contributed by atoms with E-state index >= 15 is 0 Å². The van der Waals surface area contributed by atoms with Gasteiger partial charge in [0.25, 0.3) is 0 Å². The first kappa shape index (κ1) is 11.6. The number of hydrogen-bond acceptors (Lipinski definition) is 2. The number of aldehydes is 1. The third-order valence-electron chi connectivity index (χ3n) is 2.41. The van der Waals surface area contributed by atoms with Crippen LogP contribution in [-0.4, -0.2) is 12.1 Å². The second-order valence-corrected chi connectivity index (χ2v) is 4.00. The summed E-state index contributed by atoms with van der Waals surface area (Å²) in [4.78, 5) is 22.0. The van der Waals surface area contributed by atoms with Crippen LogP contribution in [0.3, 0.4) is 0 Å². The molecule has 1 aromatic rings. The van der Waals surface area contributed by atoms with Crippen molar-refractivity contribution in [3.63, 3.8) is 0 Å². The van der Waals surface area contributed by atoms with Crippen LogP contribution >= 0.6 is 0 Å². The fourth-order valence-corrected chi connectivity index (χ4v) is 1.42. The molecule has 1 atom stereocenters. The minimum atomic E-state index is 0.115. The molecule has 80 valence electrons. The molecule has 0 radical (unpaired) electrons. The first-order valence-corrected chi connectivity index (χ1v) is 5.17. The van der Waals surface area contributed by atoms with Crippen LogP contribution in [0.15, 0.2) is 24.3 Å². The molecule has 0 saturated carbocycles. The fraction of sp³-hybridized carbons (Fsp3) is 0.385. The van der Waals surface area contributed by atoms with E-state index in [1.165, 1.54) is 0 Å². The van der Waals surface area contributed by atoms with Gasteiger partial charge in [-0.3, -0.25) is 4.79 Å². The Morgan fingerprint density at radius 2 is 1.93 bits per heavy atom. The monoisotopic (exact) mass is 204 g/mol. The minimum Gasteiger partial charge on any atom is -0.303 e. The summed E-state index contributed by atoms with van der Waals surface area (Å²) in [5.74, 6) is 0.251. The Bertz CT molecular complexity index is 338. The zero-order valence-electron chi connectivity index (χ0n) is 9.19. The first-order chi connectivity index (χ1) is 7.13. The molecule has 1 aromatic carbocycles. The van der Waals surface area contributed by atoms with Gasteiger partial charge in [-0.25, -0.2) is 0 Å². The van der Waals surface area contributed by atoms with E-state index in [0.717, 1.165) is 17.4 Å². The molecule has 0 amide bonds. The van der Waals surface area contributed by atoms with Crippen molar-refractivity contribution in [2.75, 3.05) is 0 Å². The summed E-state index contributed by atoms with van der Waals surface area (Å²) < 4.78 is 0. The van der Waals surface area contributed by atoms with E-state index in [1.54, 1.807) is 0 Å². The Hall–Kier alpha value is -1.44. The number of carbonyl (C=O) groups excluding carboxylic acids is 2. The summed E-state index contributed by atoms with van der Waals surface area (Å²) in [7, 11) is 0. The molecule has 0 aliphatic heterocycles. The number of benzene rings is 1. The number of ketones is 1. The van der Waals surface area contributed by atoms with Crippen molar-refractivity contribution in [1.29, 1.82) is 0 Å². The quantitative estimate of drug-likeness (QED) is 0.546. The summed E-state index contributed by atoms with van der Waals surface area (Å²) in [6.07, 6.45) is 1.77. The smallest absolute Gasteiger partial charge is 0.163 e. The van der Waals surface area contributed by atoms with Crippen molar-refractivity contribution in [3.8, 4) is 0 Å². The van der Waals surface area contributed by atoms with Crippen molar-refractivity contribution >= 4 is 12.1 Å². The zero-order chi connectivity index (χ0) is 11.3. The summed E-state index contributed by atoms with van der Waals surface area (Å²) in [6.45, 7) is 3.91. The molecule has 0 aromatic heterocycles. The van der Waals surface area contributed by atoms with Gasteiger partial charge in [0, 0.05) is 18.4 Å². The zero-order valence-corrected chi connectivity index (χ0v) is 9.19. The van der Waals surface area contributed by atoms with Gasteiger partial charge in [-0.1, -0.05) is 36.8 Å². The van der Waals surface area contributed by atoms with Crippen molar-refractivity contribution in [3.05, 3.63) is 35.4 Å². The highest BCUT2D eigenvalue weighted by molar-refractivity contribution is 5.96. The fourth-order valence-electron chi connectivity index (χ4n) is 1.42. The minimum absolute atomic E-state index is 0.115. The molecule has 0 heterocycles. The van der Waals surface area contributed by atoms with Crippen molar-refractivity contribution < 1.29 is 9.59 Å². The molecule has 0 saturated heterocycles. The maximum Gasteiger partial charge on any atom is 0.163 e. The van der Waals surface area contributed by atoms with Crippen LogP contribution in [0.4, 0.5) is 0 Å². The number of hydrogen-bond donors (Lipinski definition) is 0. The molecule has 0 fully saturated rings. The number of aryl methyl sites for hydroxylation is 1. The second-order valence-electron chi connectivity index (χ2n) is 4.00. The number of rotatable bonds is 5. The highest BCUT2D eigenvalue weighted by Crippen LogP contribution is 2.12. The first-order valence-electron chi connectivity index (χ1n) is 5.17. The number of carbonyl (C=O) groups is 2. The molecule has 0 bridgehead atoms. The van der Waals surface area contributed by atoms with Crippen LogP contribution in [0.25, 0.3) is 0 Å². The molecule has 0 aliphatic carbocycles. The van der Waals surface area contributed by atoms with Crippen LogP contribution in [-0.2, 0) is 4.79 Å². The lowest BCUT2D eigenvalue weighted by Gasteiger charge is -2.06. The Balaban J connectivity index is 2.61. The van der Waals surface area contributed by atoms with Gasteiger partial charge in [0.1, 0.15) is 6.29 Å². The summed E-state index contributed by atoms with van der Waals surface area (Å²) in [6, 6.07) is 7.53. The van der Waals surface area contributed by atoms with E-state index in [2.05, 4.69) is 0 Å². The predicted molar refractivity (Wildman–Crippen MR) is 60.0 cm³/mol. The third kappa shape index (κ3) is 3.66. The summed E-state index contributed by atoms with van der Waals surface area (Å²) in [5, 5.41) is 0.